The number of benzene rings is 1. The summed E-state index contributed by atoms with van der Waals surface area (Å²) in [5, 5.41) is 3.02. The van der Waals surface area contributed by atoms with E-state index in [1.54, 1.807) is 4.31 Å². The Morgan fingerprint density at radius 2 is 1.67 bits per heavy atom. The highest BCUT2D eigenvalue weighted by atomic mass is 32.2. The molecule has 1 N–H and O–H groups in total. The van der Waals surface area contributed by atoms with Gasteiger partial charge in [-0.1, -0.05) is 32.4 Å². The first kappa shape index (κ1) is 23.2. The highest BCUT2D eigenvalue weighted by Crippen LogP contribution is 2.23. The molecular formula is C23H37N3O3S. The van der Waals surface area contributed by atoms with Crippen molar-refractivity contribution >= 4 is 21.6 Å². The maximum absolute atomic E-state index is 12.6. The van der Waals surface area contributed by atoms with Gasteiger partial charge in [0.05, 0.1) is 5.75 Å². The normalized spacial score (nSPS) is 20.3. The highest BCUT2D eigenvalue weighted by molar-refractivity contribution is 7.89. The lowest BCUT2D eigenvalue weighted by Gasteiger charge is -2.30. The molecule has 1 aromatic rings. The largest absolute Gasteiger partial charge is 0.326 e. The van der Waals surface area contributed by atoms with Crippen LogP contribution in [0.2, 0.25) is 0 Å². The van der Waals surface area contributed by atoms with Crippen molar-refractivity contribution in [1.82, 2.24) is 9.21 Å². The second-order valence-electron chi connectivity index (χ2n) is 8.99. The lowest BCUT2D eigenvalue weighted by molar-refractivity contribution is -0.120. The number of carbonyl (C=O) groups is 1. The molecule has 2 heterocycles. The maximum Gasteiger partial charge on any atom is 0.227 e. The Morgan fingerprint density at radius 3 is 2.27 bits per heavy atom. The van der Waals surface area contributed by atoms with E-state index in [0.717, 1.165) is 37.7 Å². The molecule has 2 aliphatic heterocycles. The number of amides is 1. The Balaban J connectivity index is 1.45. The van der Waals surface area contributed by atoms with E-state index in [-0.39, 0.29) is 17.6 Å². The van der Waals surface area contributed by atoms with Crippen LogP contribution in [0.3, 0.4) is 0 Å². The van der Waals surface area contributed by atoms with E-state index in [2.05, 4.69) is 29.3 Å². The smallest absolute Gasteiger partial charge is 0.227 e. The summed E-state index contributed by atoms with van der Waals surface area (Å²) >= 11 is 0. The summed E-state index contributed by atoms with van der Waals surface area (Å²) in [4.78, 5) is 15.1. The first-order valence-electron chi connectivity index (χ1n) is 11.5. The predicted molar refractivity (Wildman–Crippen MR) is 122 cm³/mol. The summed E-state index contributed by atoms with van der Waals surface area (Å²) in [6.07, 6.45) is 5.27. The zero-order valence-corrected chi connectivity index (χ0v) is 19.3. The van der Waals surface area contributed by atoms with Crippen LogP contribution in [0.25, 0.3) is 0 Å². The van der Waals surface area contributed by atoms with Crippen LogP contribution in [0, 0.1) is 11.8 Å². The van der Waals surface area contributed by atoms with Gasteiger partial charge in [0.15, 0.2) is 0 Å². The number of anilines is 1. The fraction of sp³-hybridized carbons (Fsp3) is 0.696. The number of carbonyl (C=O) groups excluding carboxylic acids is 1. The van der Waals surface area contributed by atoms with Gasteiger partial charge in [0.2, 0.25) is 15.9 Å². The molecule has 2 fully saturated rings. The van der Waals surface area contributed by atoms with E-state index < -0.39 is 10.0 Å². The van der Waals surface area contributed by atoms with Gasteiger partial charge in [-0.05, 0) is 68.8 Å². The summed E-state index contributed by atoms with van der Waals surface area (Å²) in [5.74, 6) is 0.918. The van der Waals surface area contributed by atoms with Crippen molar-refractivity contribution in [3.05, 3.63) is 29.8 Å². The molecule has 0 radical (unpaired) electrons. The van der Waals surface area contributed by atoms with Crippen LogP contribution in [-0.4, -0.2) is 55.5 Å². The number of likely N-dealkylation sites (tertiary alicyclic amines) is 1. The average Bonchev–Trinajstić information content (AvgIpc) is 2.75. The van der Waals surface area contributed by atoms with E-state index in [1.807, 2.05) is 19.1 Å². The van der Waals surface area contributed by atoms with Crippen molar-refractivity contribution < 1.29 is 13.2 Å². The minimum atomic E-state index is -3.18. The second kappa shape index (κ2) is 10.7. The number of nitrogens with zero attached hydrogens (tertiary/aromatic N) is 2. The second-order valence-corrected chi connectivity index (χ2v) is 11.1. The van der Waals surface area contributed by atoms with Crippen LogP contribution in [0.4, 0.5) is 5.69 Å². The molecule has 2 saturated heterocycles. The number of hydrogen-bond acceptors (Lipinski definition) is 4. The predicted octanol–water partition coefficient (Wildman–Crippen LogP) is 3.70. The molecular weight excluding hydrogens is 398 g/mol. The van der Waals surface area contributed by atoms with Gasteiger partial charge in [-0.3, -0.25) is 9.69 Å². The molecule has 2 aliphatic rings. The third-order valence-electron chi connectivity index (χ3n) is 6.48. The molecule has 0 unspecified atom stereocenters. The SMILES string of the molecule is CCCCS(=O)(=O)N1CCC(C(=O)Nc2ccc(CN3CCC(C)CC3)cc2)CC1. The first-order chi connectivity index (χ1) is 14.4. The minimum Gasteiger partial charge on any atom is -0.326 e. The van der Waals surface area contributed by atoms with Crippen LogP contribution >= 0.6 is 0 Å². The summed E-state index contributed by atoms with van der Waals surface area (Å²) in [5.41, 5.74) is 2.09. The number of nitrogens with one attached hydrogen (secondary N) is 1. The quantitative estimate of drug-likeness (QED) is 0.676. The molecule has 0 saturated carbocycles. The van der Waals surface area contributed by atoms with E-state index in [0.29, 0.717) is 32.4 Å². The molecule has 1 aromatic carbocycles. The van der Waals surface area contributed by atoms with Crippen molar-refractivity contribution in [3.63, 3.8) is 0 Å². The van der Waals surface area contributed by atoms with Crippen LogP contribution in [0.5, 0.6) is 0 Å². The third kappa shape index (κ3) is 6.53. The van der Waals surface area contributed by atoms with Gasteiger partial charge in [-0.15, -0.1) is 0 Å². The average molecular weight is 436 g/mol. The Morgan fingerprint density at radius 1 is 1.03 bits per heavy atom. The lowest BCUT2D eigenvalue weighted by atomic mass is 9.97. The molecule has 1 amide bonds. The van der Waals surface area contributed by atoms with Crippen LogP contribution in [0.15, 0.2) is 24.3 Å². The van der Waals surface area contributed by atoms with E-state index in [1.165, 1.54) is 18.4 Å². The fourth-order valence-electron chi connectivity index (χ4n) is 4.27. The molecule has 0 aliphatic carbocycles. The van der Waals surface area contributed by atoms with Gasteiger partial charge >= 0.3 is 0 Å². The van der Waals surface area contributed by atoms with Crippen molar-refractivity contribution in [1.29, 1.82) is 0 Å². The third-order valence-corrected chi connectivity index (χ3v) is 8.43. The molecule has 0 atom stereocenters. The highest BCUT2D eigenvalue weighted by Gasteiger charge is 2.30. The Kier molecular flexibility index (Phi) is 8.31. The number of hydrogen-bond donors (Lipinski definition) is 1. The standard InChI is InChI=1S/C23H37N3O3S/c1-3-4-17-30(28,29)26-15-11-21(12-16-26)23(27)24-22-7-5-20(6-8-22)18-25-13-9-19(2)10-14-25/h5-8,19,21H,3-4,9-18H2,1-2H3,(H,24,27). The molecule has 168 valence electrons. The Labute approximate surface area is 182 Å². The Hall–Kier alpha value is -1.44. The molecule has 6 nitrogen and oxygen atoms in total. The van der Waals surface area contributed by atoms with Gasteiger partial charge < -0.3 is 5.32 Å². The number of unbranched alkanes of at least 4 members (excludes halogenated alkanes) is 1. The van der Waals surface area contributed by atoms with Crippen molar-refractivity contribution in [3.8, 4) is 0 Å². The van der Waals surface area contributed by atoms with Gasteiger partial charge in [0, 0.05) is 31.2 Å². The monoisotopic (exact) mass is 435 g/mol. The van der Waals surface area contributed by atoms with E-state index in [9.17, 15) is 13.2 Å². The molecule has 3 rings (SSSR count). The van der Waals surface area contributed by atoms with E-state index >= 15 is 0 Å². The molecule has 0 spiro atoms. The molecule has 30 heavy (non-hydrogen) atoms. The first-order valence-corrected chi connectivity index (χ1v) is 13.1. The Bertz CT molecular complexity index is 778. The molecule has 0 bridgehead atoms. The van der Waals surface area contributed by atoms with E-state index in [4.69, 9.17) is 0 Å². The van der Waals surface area contributed by atoms with Gasteiger partial charge in [0.25, 0.3) is 0 Å². The zero-order chi connectivity index (χ0) is 21.6. The number of rotatable bonds is 8. The number of piperidine rings is 2. The van der Waals surface area contributed by atoms with Crippen LogP contribution in [-0.2, 0) is 21.4 Å². The van der Waals surface area contributed by atoms with Crippen LogP contribution < -0.4 is 5.32 Å². The summed E-state index contributed by atoms with van der Waals surface area (Å²) in [6, 6.07) is 8.14. The topological polar surface area (TPSA) is 69.7 Å². The van der Waals surface area contributed by atoms with Crippen LogP contribution in [0.1, 0.15) is 57.9 Å². The lowest BCUT2D eigenvalue weighted by Crippen LogP contribution is -2.42. The van der Waals surface area contributed by atoms with Crippen molar-refractivity contribution in [2.45, 2.75) is 58.9 Å². The van der Waals surface area contributed by atoms with Crippen molar-refractivity contribution in [2.75, 3.05) is 37.2 Å². The van der Waals surface area contributed by atoms with Crippen molar-refractivity contribution in [2.24, 2.45) is 11.8 Å². The summed E-state index contributed by atoms with van der Waals surface area (Å²) in [6.45, 7) is 8.48. The maximum atomic E-state index is 12.6. The van der Waals surface area contributed by atoms with Gasteiger partial charge in [-0.2, -0.15) is 0 Å². The fourth-order valence-corrected chi connectivity index (χ4v) is 5.95. The minimum absolute atomic E-state index is 0.00151. The van der Waals surface area contributed by atoms with Gasteiger partial charge in [-0.25, -0.2) is 12.7 Å². The molecule has 7 heteroatoms. The zero-order valence-electron chi connectivity index (χ0n) is 18.5. The molecule has 0 aromatic heterocycles. The number of sulfonamides is 1. The summed E-state index contributed by atoms with van der Waals surface area (Å²) < 4.78 is 26.2. The summed E-state index contributed by atoms with van der Waals surface area (Å²) in [7, 11) is -3.18. The van der Waals surface area contributed by atoms with Gasteiger partial charge in [0.1, 0.15) is 0 Å².